The van der Waals surface area contributed by atoms with E-state index in [4.69, 9.17) is 0 Å². The van der Waals surface area contributed by atoms with Gasteiger partial charge >= 0.3 is 0 Å². The Labute approximate surface area is 222 Å². The van der Waals surface area contributed by atoms with Crippen LogP contribution in [-0.4, -0.2) is 70.1 Å². The smallest absolute Gasteiger partial charge is 0.278 e. The van der Waals surface area contributed by atoms with Gasteiger partial charge < -0.3 is 9.21 Å². The Hall–Kier alpha value is -2.78. The minimum atomic E-state index is -2.57. The molecule has 0 saturated carbocycles. The van der Waals surface area contributed by atoms with Crippen LogP contribution in [0.2, 0.25) is 0 Å². The number of anilines is 1. The van der Waals surface area contributed by atoms with Gasteiger partial charge in [-0.1, -0.05) is 18.7 Å². The van der Waals surface area contributed by atoms with Gasteiger partial charge in [0, 0.05) is 53.9 Å². The maximum Gasteiger partial charge on any atom is 0.278 e. The molecule has 0 atom stereocenters. The molecule has 0 N–H and O–H groups in total. The Bertz CT molecular complexity index is 1170. The zero-order valence-corrected chi connectivity index (χ0v) is 22.3. The highest BCUT2D eigenvalue weighted by atomic mass is 32.2. The van der Waals surface area contributed by atoms with E-state index in [1.54, 1.807) is 6.20 Å². The van der Waals surface area contributed by atoms with Gasteiger partial charge in [-0.3, -0.25) is 9.88 Å². The second-order valence-electron chi connectivity index (χ2n) is 10.2. The van der Waals surface area contributed by atoms with E-state index in [0.717, 1.165) is 50.3 Å². The van der Waals surface area contributed by atoms with Crippen LogP contribution in [0.4, 0.5) is 14.5 Å². The first-order chi connectivity index (χ1) is 17.9. The third kappa shape index (κ3) is 6.21. The summed E-state index contributed by atoms with van der Waals surface area (Å²) in [5.41, 5.74) is 5.59. The van der Waals surface area contributed by atoms with Gasteiger partial charge in [0.1, 0.15) is 5.71 Å². The summed E-state index contributed by atoms with van der Waals surface area (Å²) in [5, 5.41) is 8.10. The molecule has 2 aromatic rings. The number of halogens is 2. The van der Waals surface area contributed by atoms with Crippen LogP contribution in [0.1, 0.15) is 43.0 Å². The van der Waals surface area contributed by atoms with Gasteiger partial charge in [0.05, 0.1) is 18.0 Å². The van der Waals surface area contributed by atoms with Crippen molar-refractivity contribution in [3.05, 3.63) is 71.7 Å². The molecule has 1 aromatic carbocycles. The number of pyridine rings is 1. The first-order valence-corrected chi connectivity index (χ1v) is 13.7. The predicted octanol–water partition coefficient (Wildman–Crippen LogP) is 5.54. The summed E-state index contributed by atoms with van der Waals surface area (Å²) >= 11 is 1.92. The van der Waals surface area contributed by atoms with E-state index in [9.17, 15) is 8.78 Å². The summed E-state index contributed by atoms with van der Waals surface area (Å²) in [6.07, 6.45) is 1.56. The number of aryl methyl sites for hydroxylation is 1. The number of piperidine rings is 1. The zero-order chi connectivity index (χ0) is 25.9. The van der Waals surface area contributed by atoms with Gasteiger partial charge in [0.2, 0.25) is 0 Å². The molecule has 3 aliphatic heterocycles. The normalized spacial score (nSPS) is 19.1. The maximum atomic E-state index is 12.9. The highest BCUT2D eigenvalue weighted by Crippen LogP contribution is 2.34. The van der Waals surface area contributed by atoms with Crippen molar-refractivity contribution in [2.75, 3.05) is 30.5 Å². The SMILES string of the molecule is C=C(C)N1CC(N2CCC(SN(Cc3ccc(C4=NN=C(C(F)F)C4)cn3)c3cccc(C)c3)CC2)C1. The fourth-order valence-corrected chi connectivity index (χ4v) is 6.20. The third-order valence-corrected chi connectivity index (χ3v) is 8.69. The summed E-state index contributed by atoms with van der Waals surface area (Å²) in [7, 11) is 0. The number of rotatable bonds is 9. The van der Waals surface area contributed by atoms with Crippen LogP contribution < -0.4 is 4.31 Å². The van der Waals surface area contributed by atoms with Crippen LogP contribution in [0.5, 0.6) is 0 Å². The van der Waals surface area contributed by atoms with E-state index in [1.807, 2.05) is 24.1 Å². The van der Waals surface area contributed by atoms with Gasteiger partial charge in [0.25, 0.3) is 6.43 Å². The lowest BCUT2D eigenvalue weighted by Gasteiger charge is -2.49. The summed E-state index contributed by atoms with van der Waals surface area (Å²) in [5.74, 6) is 0. The number of benzene rings is 1. The Morgan fingerprint density at radius 2 is 1.95 bits per heavy atom. The zero-order valence-electron chi connectivity index (χ0n) is 21.5. The highest BCUT2D eigenvalue weighted by molar-refractivity contribution is 8.01. The van der Waals surface area contributed by atoms with Crippen LogP contribution in [0, 0.1) is 6.92 Å². The second kappa shape index (κ2) is 11.3. The van der Waals surface area contributed by atoms with E-state index >= 15 is 0 Å². The van der Waals surface area contributed by atoms with Crippen LogP contribution >= 0.6 is 11.9 Å². The number of likely N-dealkylation sites (tertiary alicyclic amines) is 2. The Balaban J connectivity index is 1.21. The van der Waals surface area contributed by atoms with Crippen molar-refractivity contribution in [1.82, 2.24) is 14.8 Å². The number of alkyl halides is 2. The molecule has 0 bridgehead atoms. The minimum Gasteiger partial charge on any atom is -0.372 e. The second-order valence-corrected chi connectivity index (χ2v) is 11.5. The fourth-order valence-electron chi connectivity index (χ4n) is 4.98. The lowest BCUT2D eigenvalue weighted by atomic mass is 10.0. The van der Waals surface area contributed by atoms with Crippen molar-refractivity contribution in [3.63, 3.8) is 0 Å². The largest absolute Gasteiger partial charge is 0.372 e. The molecule has 5 rings (SSSR count). The molecule has 196 valence electrons. The molecule has 0 aliphatic carbocycles. The minimum absolute atomic E-state index is 0.0781. The summed E-state index contributed by atoms with van der Waals surface area (Å²) < 4.78 is 28.2. The van der Waals surface area contributed by atoms with Gasteiger partial charge in [-0.2, -0.15) is 10.2 Å². The Morgan fingerprint density at radius 3 is 2.57 bits per heavy atom. The van der Waals surface area contributed by atoms with Crippen molar-refractivity contribution in [3.8, 4) is 0 Å². The number of nitrogens with zero attached hydrogens (tertiary/aromatic N) is 6. The first kappa shape index (κ1) is 25.9. The lowest BCUT2D eigenvalue weighted by molar-refractivity contribution is 0.0463. The molecule has 0 radical (unpaired) electrons. The molecule has 3 aliphatic rings. The number of aromatic nitrogens is 1. The molecule has 0 unspecified atom stereocenters. The van der Waals surface area contributed by atoms with E-state index in [2.05, 4.69) is 74.0 Å². The quantitative estimate of drug-likeness (QED) is 0.403. The average molecular weight is 525 g/mol. The van der Waals surface area contributed by atoms with E-state index in [1.165, 1.54) is 16.9 Å². The molecular weight excluding hydrogens is 490 g/mol. The number of hydrogen-bond acceptors (Lipinski definition) is 7. The van der Waals surface area contributed by atoms with Crippen molar-refractivity contribution in [2.24, 2.45) is 10.2 Å². The molecule has 2 fully saturated rings. The summed E-state index contributed by atoms with van der Waals surface area (Å²) in [6, 6.07) is 13.1. The van der Waals surface area contributed by atoms with Crippen molar-refractivity contribution in [1.29, 1.82) is 0 Å². The Morgan fingerprint density at radius 1 is 1.16 bits per heavy atom. The van der Waals surface area contributed by atoms with Gasteiger partial charge in [-0.15, -0.1) is 0 Å². The van der Waals surface area contributed by atoms with Gasteiger partial charge in [-0.05, 0) is 81.6 Å². The molecule has 6 nitrogen and oxygen atoms in total. The van der Waals surface area contributed by atoms with Crippen molar-refractivity contribution >= 4 is 29.1 Å². The third-order valence-electron chi connectivity index (χ3n) is 7.32. The highest BCUT2D eigenvalue weighted by Gasteiger charge is 2.34. The molecule has 2 saturated heterocycles. The molecule has 0 spiro atoms. The monoisotopic (exact) mass is 524 g/mol. The van der Waals surface area contributed by atoms with Gasteiger partial charge in [-0.25, -0.2) is 8.78 Å². The topological polar surface area (TPSA) is 47.3 Å². The van der Waals surface area contributed by atoms with Crippen LogP contribution in [0.25, 0.3) is 0 Å². The standard InChI is InChI=1S/C28H34F2N6S/c1-19(2)35-17-24(18-35)34-11-9-25(10-12-34)37-36(23-6-4-5-20(3)13-23)16-22-8-7-21(15-31-22)26-14-27(28(29)30)33-32-26/h4-8,13,15,24-25,28H,1,9-12,14,16-18H2,2-3H3. The van der Waals surface area contributed by atoms with Crippen molar-refractivity contribution < 1.29 is 8.78 Å². The average Bonchev–Trinajstić information content (AvgIpc) is 3.35. The predicted molar refractivity (Wildman–Crippen MR) is 149 cm³/mol. The molecule has 0 amide bonds. The molecule has 1 aromatic heterocycles. The molecule has 4 heterocycles. The van der Waals surface area contributed by atoms with Gasteiger partial charge in [0.15, 0.2) is 0 Å². The van der Waals surface area contributed by atoms with Crippen LogP contribution in [-0.2, 0) is 6.54 Å². The Kier molecular flexibility index (Phi) is 7.90. The van der Waals surface area contributed by atoms with E-state index < -0.39 is 6.43 Å². The van der Waals surface area contributed by atoms with E-state index in [0.29, 0.717) is 23.5 Å². The first-order valence-electron chi connectivity index (χ1n) is 12.9. The van der Waals surface area contributed by atoms with Crippen LogP contribution in [0.3, 0.4) is 0 Å². The molecule has 37 heavy (non-hydrogen) atoms. The summed E-state index contributed by atoms with van der Waals surface area (Å²) in [6.45, 7) is 13.4. The summed E-state index contributed by atoms with van der Waals surface area (Å²) in [4.78, 5) is 9.65. The maximum absolute atomic E-state index is 12.9. The molecular formula is C28H34F2N6S. The number of hydrogen-bond donors (Lipinski definition) is 0. The number of allylic oxidation sites excluding steroid dienone is 1. The lowest BCUT2D eigenvalue weighted by Crippen LogP contribution is -2.60. The fraction of sp³-hybridized carbons (Fsp3) is 0.464. The van der Waals surface area contributed by atoms with Crippen LogP contribution in [0.15, 0.2) is 65.1 Å². The van der Waals surface area contributed by atoms with E-state index in [-0.39, 0.29) is 12.1 Å². The molecule has 9 heteroatoms. The van der Waals surface area contributed by atoms with Crippen molar-refractivity contribution in [2.45, 2.75) is 57.4 Å².